The molecule has 0 amide bonds. The molecule has 0 spiro atoms. The van der Waals surface area contributed by atoms with E-state index in [1.54, 1.807) is 11.1 Å². The van der Waals surface area contributed by atoms with Gasteiger partial charge in [0, 0.05) is 12.3 Å². The molecule has 4 aliphatic carbocycles. The third-order valence-electron chi connectivity index (χ3n) is 7.84. The van der Waals surface area contributed by atoms with Crippen LogP contribution in [-0.2, 0) is 9.59 Å². The molecule has 22 heavy (non-hydrogen) atoms. The van der Waals surface area contributed by atoms with E-state index in [-0.39, 0.29) is 22.9 Å². The van der Waals surface area contributed by atoms with Crippen LogP contribution in [0, 0.1) is 28.6 Å². The van der Waals surface area contributed by atoms with Crippen molar-refractivity contribution in [3.8, 4) is 0 Å². The molecule has 2 nitrogen and oxygen atoms in total. The molecule has 0 aromatic rings. The Morgan fingerprint density at radius 1 is 1.05 bits per heavy atom. The number of rotatable bonds is 0. The monoisotopic (exact) mass is 300 g/mol. The summed E-state index contributed by atoms with van der Waals surface area (Å²) in [5.74, 6) is 0.997. The van der Waals surface area contributed by atoms with Crippen LogP contribution >= 0.6 is 0 Å². The first kappa shape index (κ1) is 14.7. The number of hydrogen-bond donors (Lipinski definition) is 0. The molecule has 3 fully saturated rings. The largest absolute Gasteiger partial charge is 0.291 e. The Labute approximate surface area is 133 Å². The van der Waals surface area contributed by atoms with E-state index in [9.17, 15) is 9.59 Å². The van der Waals surface area contributed by atoms with Gasteiger partial charge in [0.05, 0.1) is 0 Å². The molecule has 120 valence electrons. The van der Waals surface area contributed by atoms with Gasteiger partial charge in [-0.25, -0.2) is 0 Å². The minimum atomic E-state index is -0.0838. The van der Waals surface area contributed by atoms with Crippen molar-refractivity contribution in [1.29, 1.82) is 0 Å². The molecule has 0 heterocycles. The molecular weight excluding hydrogens is 272 g/mol. The van der Waals surface area contributed by atoms with Gasteiger partial charge in [-0.05, 0) is 74.5 Å². The van der Waals surface area contributed by atoms with Crippen LogP contribution in [0.25, 0.3) is 0 Å². The summed E-state index contributed by atoms with van der Waals surface area (Å²) in [6, 6.07) is 0. The fourth-order valence-corrected chi connectivity index (χ4v) is 6.83. The van der Waals surface area contributed by atoms with Crippen LogP contribution in [0.1, 0.15) is 72.1 Å². The highest BCUT2D eigenvalue weighted by molar-refractivity contribution is 6.40. The zero-order chi connectivity index (χ0) is 15.7. The third kappa shape index (κ3) is 1.73. The van der Waals surface area contributed by atoms with Crippen molar-refractivity contribution in [3.63, 3.8) is 0 Å². The molecule has 0 aromatic carbocycles. The summed E-state index contributed by atoms with van der Waals surface area (Å²) >= 11 is 0. The van der Waals surface area contributed by atoms with Crippen molar-refractivity contribution < 1.29 is 9.59 Å². The molecular formula is C20H28O2. The predicted molar refractivity (Wildman–Crippen MR) is 86.3 cm³/mol. The molecule has 2 heteroatoms. The molecule has 0 aliphatic heterocycles. The number of carbonyl (C=O) groups is 2. The summed E-state index contributed by atoms with van der Waals surface area (Å²) < 4.78 is 0. The molecule has 4 rings (SSSR count). The summed E-state index contributed by atoms with van der Waals surface area (Å²) in [6.45, 7) is 6.99. The molecule has 5 atom stereocenters. The highest BCUT2D eigenvalue weighted by Gasteiger charge is 2.61. The van der Waals surface area contributed by atoms with Crippen molar-refractivity contribution in [3.05, 3.63) is 11.1 Å². The lowest BCUT2D eigenvalue weighted by Gasteiger charge is -2.57. The van der Waals surface area contributed by atoms with E-state index in [2.05, 4.69) is 20.8 Å². The summed E-state index contributed by atoms with van der Waals surface area (Å²) in [5.41, 5.74) is 3.60. The molecule has 0 saturated heterocycles. The number of carbonyl (C=O) groups excluding carboxylic acids is 2. The van der Waals surface area contributed by atoms with Gasteiger partial charge in [0.15, 0.2) is 5.78 Å². The Kier molecular flexibility index (Phi) is 3.03. The Balaban J connectivity index is 1.75. The first-order valence-corrected chi connectivity index (χ1v) is 9.13. The average molecular weight is 300 g/mol. The zero-order valence-corrected chi connectivity index (χ0v) is 14.2. The fraction of sp³-hybridized carbons (Fsp3) is 0.800. The lowest BCUT2D eigenvalue weighted by atomic mass is 9.47. The minimum Gasteiger partial charge on any atom is -0.291 e. The molecule has 0 aromatic heterocycles. The maximum absolute atomic E-state index is 12.6. The van der Waals surface area contributed by atoms with Gasteiger partial charge >= 0.3 is 0 Å². The lowest BCUT2D eigenvalue weighted by molar-refractivity contribution is -0.139. The molecule has 3 saturated carbocycles. The number of hydrogen-bond acceptors (Lipinski definition) is 2. The van der Waals surface area contributed by atoms with Gasteiger partial charge < -0.3 is 0 Å². The maximum Gasteiger partial charge on any atom is 0.202 e. The van der Waals surface area contributed by atoms with Gasteiger partial charge in [-0.15, -0.1) is 0 Å². The molecule has 0 bridgehead atoms. The van der Waals surface area contributed by atoms with Crippen LogP contribution in [0.4, 0.5) is 0 Å². The second-order valence-corrected chi connectivity index (χ2v) is 8.97. The molecule has 4 aliphatic rings. The summed E-state index contributed by atoms with van der Waals surface area (Å²) in [7, 11) is 0. The summed E-state index contributed by atoms with van der Waals surface area (Å²) in [6.07, 6.45) is 8.93. The summed E-state index contributed by atoms with van der Waals surface area (Å²) in [4.78, 5) is 24.6. The number of Topliss-reactive ketones (excluding diaryl/α,β-unsaturated/α-hetero) is 2. The third-order valence-corrected chi connectivity index (χ3v) is 7.84. The first-order valence-electron chi connectivity index (χ1n) is 9.13. The van der Waals surface area contributed by atoms with Crippen molar-refractivity contribution in [2.45, 2.75) is 72.1 Å². The highest BCUT2D eigenvalue weighted by Crippen LogP contribution is 2.64. The van der Waals surface area contributed by atoms with Crippen LogP contribution in [0.3, 0.4) is 0 Å². The van der Waals surface area contributed by atoms with Crippen molar-refractivity contribution in [2.75, 3.05) is 0 Å². The number of fused-ring (bicyclic) bond motifs is 5. The van der Waals surface area contributed by atoms with Crippen LogP contribution in [0.2, 0.25) is 0 Å². The van der Waals surface area contributed by atoms with Gasteiger partial charge in [0.25, 0.3) is 0 Å². The second kappa shape index (κ2) is 4.55. The first-order chi connectivity index (χ1) is 10.4. The van der Waals surface area contributed by atoms with Crippen molar-refractivity contribution >= 4 is 11.6 Å². The normalized spacial score (nSPS) is 48.0. The highest BCUT2D eigenvalue weighted by atomic mass is 16.2. The minimum absolute atomic E-state index is 0.0271. The lowest BCUT2D eigenvalue weighted by Crippen LogP contribution is -2.50. The Morgan fingerprint density at radius 3 is 2.59 bits per heavy atom. The molecule has 0 unspecified atom stereocenters. The van der Waals surface area contributed by atoms with E-state index < -0.39 is 0 Å². The Morgan fingerprint density at radius 2 is 1.82 bits per heavy atom. The van der Waals surface area contributed by atoms with Crippen LogP contribution < -0.4 is 0 Å². The van der Waals surface area contributed by atoms with Crippen LogP contribution in [-0.4, -0.2) is 11.6 Å². The summed E-state index contributed by atoms with van der Waals surface area (Å²) in [5, 5.41) is 0. The Bertz CT molecular complexity index is 587. The van der Waals surface area contributed by atoms with Crippen molar-refractivity contribution in [1.82, 2.24) is 0 Å². The smallest absolute Gasteiger partial charge is 0.202 e. The van der Waals surface area contributed by atoms with E-state index in [4.69, 9.17) is 0 Å². The van der Waals surface area contributed by atoms with E-state index in [0.29, 0.717) is 23.7 Å². The SMILES string of the molecule is CC1=C2CC[C@H]3[C@@H]4C(=O)C(=O)C[C@@]4(C)CC[C@@H]3[C@@]2(C)CCC1. The predicted octanol–water partition coefficient (Wildman–Crippen LogP) is 4.48. The number of ketones is 2. The van der Waals surface area contributed by atoms with E-state index in [1.807, 2.05) is 0 Å². The van der Waals surface area contributed by atoms with Gasteiger partial charge in [-0.2, -0.15) is 0 Å². The second-order valence-electron chi connectivity index (χ2n) is 8.97. The quantitative estimate of drug-likeness (QED) is 0.488. The molecule has 0 radical (unpaired) electrons. The standard InChI is InChI=1S/C20H28O2/c1-12-5-4-9-20(3)14(12)7-6-13-15(20)8-10-19(2)11-16(21)18(22)17(13)19/h13,15,17H,4-11H2,1-3H3/t13-,15+,17-,19-,20+/m1/s1. The topological polar surface area (TPSA) is 34.1 Å². The Hall–Kier alpha value is -0.920. The van der Waals surface area contributed by atoms with E-state index in [1.165, 1.54) is 25.7 Å². The molecule has 0 N–H and O–H groups in total. The average Bonchev–Trinajstić information content (AvgIpc) is 2.68. The van der Waals surface area contributed by atoms with Gasteiger partial charge in [-0.1, -0.05) is 25.0 Å². The van der Waals surface area contributed by atoms with E-state index >= 15 is 0 Å². The van der Waals surface area contributed by atoms with Gasteiger partial charge in [-0.3, -0.25) is 9.59 Å². The zero-order valence-electron chi connectivity index (χ0n) is 14.2. The fourth-order valence-electron chi connectivity index (χ4n) is 6.83. The van der Waals surface area contributed by atoms with Gasteiger partial charge in [0.1, 0.15) is 0 Å². The van der Waals surface area contributed by atoms with Crippen LogP contribution in [0.5, 0.6) is 0 Å². The number of allylic oxidation sites excluding steroid dienone is 2. The van der Waals surface area contributed by atoms with Crippen LogP contribution in [0.15, 0.2) is 11.1 Å². The van der Waals surface area contributed by atoms with Crippen molar-refractivity contribution in [2.24, 2.45) is 28.6 Å². The van der Waals surface area contributed by atoms with Gasteiger partial charge in [0.2, 0.25) is 5.78 Å². The van der Waals surface area contributed by atoms with E-state index in [0.717, 1.165) is 19.3 Å². The maximum atomic E-state index is 12.6.